The van der Waals surface area contributed by atoms with Crippen LogP contribution in [-0.4, -0.2) is 41.6 Å². The molecule has 0 aliphatic heterocycles. The first-order chi connectivity index (χ1) is 13.9. The van der Waals surface area contributed by atoms with Crippen molar-refractivity contribution in [1.82, 2.24) is 9.88 Å². The van der Waals surface area contributed by atoms with Crippen LogP contribution in [0.3, 0.4) is 0 Å². The highest BCUT2D eigenvalue weighted by Gasteiger charge is 2.15. The SMILES string of the molecule is CCCC(CCC)C(=O)O.CN(C)CC[C@@H](c1ccc(Cl)cc1)c1ccccn1. The summed E-state index contributed by atoms with van der Waals surface area (Å²) in [5.41, 5.74) is 2.39. The monoisotopic (exact) mass is 418 g/mol. The lowest BCUT2D eigenvalue weighted by atomic mass is 9.92. The molecule has 0 aliphatic rings. The van der Waals surface area contributed by atoms with Crippen molar-refractivity contribution in [3.8, 4) is 0 Å². The standard InChI is InChI=1S/C16H19ClN2.C8H16O2/c1-19(2)12-10-15(16-5-3-4-11-18-16)13-6-8-14(17)9-7-13;1-3-5-7(6-4-2)8(9)10/h3-9,11,15H,10,12H2,1-2H3;7H,3-6H2,1-2H3,(H,9,10)/t15-;/m0./s1. The smallest absolute Gasteiger partial charge is 0.306 e. The minimum absolute atomic E-state index is 0.102. The summed E-state index contributed by atoms with van der Waals surface area (Å²) in [5, 5.41) is 9.41. The van der Waals surface area contributed by atoms with Crippen LogP contribution in [0.1, 0.15) is 63.1 Å². The lowest BCUT2D eigenvalue weighted by Crippen LogP contribution is -2.17. The third-order valence-electron chi connectivity index (χ3n) is 4.81. The highest BCUT2D eigenvalue weighted by atomic mass is 35.5. The molecule has 0 radical (unpaired) electrons. The number of nitrogens with zero attached hydrogens (tertiary/aromatic N) is 2. The lowest BCUT2D eigenvalue weighted by Gasteiger charge is -2.19. The van der Waals surface area contributed by atoms with E-state index in [1.807, 2.05) is 44.3 Å². The van der Waals surface area contributed by atoms with Gasteiger partial charge in [-0.25, -0.2) is 0 Å². The number of pyridine rings is 1. The van der Waals surface area contributed by atoms with Gasteiger partial charge in [-0.3, -0.25) is 9.78 Å². The minimum Gasteiger partial charge on any atom is -0.481 e. The third kappa shape index (κ3) is 9.91. The molecule has 0 fully saturated rings. The first kappa shape index (κ1) is 25.1. The summed E-state index contributed by atoms with van der Waals surface area (Å²) in [5.74, 6) is -0.417. The van der Waals surface area contributed by atoms with E-state index < -0.39 is 5.97 Å². The molecule has 2 aromatic rings. The normalized spacial score (nSPS) is 11.8. The molecule has 0 spiro atoms. The lowest BCUT2D eigenvalue weighted by molar-refractivity contribution is -0.142. The maximum absolute atomic E-state index is 10.5. The molecule has 1 aromatic heterocycles. The highest BCUT2D eigenvalue weighted by Crippen LogP contribution is 2.27. The zero-order valence-electron chi connectivity index (χ0n) is 18.1. The van der Waals surface area contributed by atoms with Crippen molar-refractivity contribution in [2.75, 3.05) is 20.6 Å². The molecule has 0 aliphatic carbocycles. The fraction of sp³-hybridized carbons (Fsp3) is 0.500. The number of hydrogen-bond acceptors (Lipinski definition) is 3. The van der Waals surface area contributed by atoms with E-state index >= 15 is 0 Å². The van der Waals surface area contributed by atoms with Gasteiger partial charge in [-0.15, -0.1) is 0 Å². The predicted molar refractivity (Wildman–Crippen MR) is 122 cm³/mol. The Balaban J connectivity index is 0.000000359. The molecule has 0 saturated heterocycles. The number of carboxylic acid groups (broad SMARTS) is 1. The number of hydrogen-bond donors (Lipinski definition) is 1. The van der Waals surface area contributed by atoms with E-state index in [-0.39, 0.29) is 5.92 Å². The molecule has 0 amide bonds. The molecule has 0 unspecified atom stereocenters. The molecular formula is C24H35ClN2O2. The Bertz CT molecular complexity index is 684. The van der Waals surface area contributed by atoms with Crippen LogP contribution >= 0.6 is 11.6 Å². The molecule has 1 N–H and O–H groups in total. The molecular weight excluding hydrogens is 384 g/mol. The molecule has 4 nitrogen and oxygen atoms in total. The van der Waals surface area contributed by atoms with Crippen LogP contribution in [0.5, 0.6) is 0 Å². The van der Waals surface area contributed by atoms with Crippen molar-refractivity contribution in [3.05, 3.63) is 64.9 Å². The van der Waals surface area contributed by atoms with E-state index in [0.717, 1.165) is 49.4 Å². The van der Waals surface area contributed by atoms with Crippen LogP contribution in [0.2, 0.25) is 5.02 Å². The first-order valence-electron chi connectivity index (χ1n) is 10.4. The molecule has 160 valence electrons. The van der Waals surface area contributed by atoms with E-state index in [0.29, 0.717) is 5.92 Å². The molecule has 1 aromatic carbocycles. The number of aromatic nitrogens is 1. The van der Waals surface area contributed by atoms with Crippen molar-refractivity contribution in [2.24, 2.45) is 5.92 Å². The van der Waals surface area contributed by atoms with Gasteiger partial charge < -0.3 is 10.0 Å². The molecule has 0 bridgehead atoms. The Morgan fingerprint density at radius 3 is 2.10 bits per heavy atom. The van der Waals surface area contributed by atoms with E-state index in [1.165, 1.54) is 5.56 Å². The summed E-state index contributed by atoms with van der Waals surface area (Å²) in [6, 6.07) is 14.2. The summed E-state index contributed by atoms with van der Waals surface area (Å²) in [7, 11) is 4.19. The first-order valence-corrected chi connectivity index (χ1v) is 10.8. The Hall–Kier alpha value is -1.91. The maximum atomic E-state index is 10.5. The molecule has 1 heterocycles. The molecule has 1 atom stereocenters. The van der Waals surface area contributed by atoms with Gasteiger partial charge in [0.05, 0.1) is 5.92 Å². The number of benzene rings is 1. The summed E-state index contributed by atoms with van der Waals surface area (Å²) < 4.78 is 0. The largest absolute Gasteiger partial charge is 0.481 e. The zero-order chi connectivity index (χ0) is 21.6. The average Bonchev–Trinajstić information content (AvgIpc) is 2.70. The zero-order valence-corrected chi connectivity index (χ0v) is 18.9. The van der Waals surface area contributed by atoms with Crippen molar-refractivity contribution < 1.29 is 9.90 Å². The fourth-order valence-electron chi connectivity index (χ4n) is 3.24. The van der Waals surface area contributed by atoms with Gasteiger partial charge in [0, 0.05) is 22.8 Å². The Morgan fingerprint density at radius 2 is 1.66 bits per heavy atom. The Kier molecular flexibility index (Phi) is 12.2. The van der Waals surface area contributed by atoms with Crippen LogP contribution < -0.4 is 0 Å². The summed E-state index contributed by atoms with van der Waals surface area (Å²) in [6.45, 7) is 5.07. The second-order valence-electron chi connectivity index (χ2n) is 7.56. The van der Waals surface area contributed by atoms with E-state index in [9.17, 15) is 4.79 Å². The van der Waals surface area contributed by atoms with Gasteiger partial charge in [0.25, 0.3) is 0 Å². The van der Waals surface area contributed by atoms with Gasteiger partial charge in [0.1, 0.15) is 0 Å². The Morgan fingerprint density at radius 1 is 1.03 bits per heavy atom. The minimum atomic E-state index is -0.635. The molecule has 29 heavy (non-hydrogen) atoms. The molecule has 5 heteroatoms. The van der Waals surface area contributed by atoms with Crippen molar-refractivity contribution in [2.45, 2.75) is 51.9 Å². The highest BCUT2D eigenvalue weighted by molar-refractivity contribution is 6.30. The Labute approximate surface area is 180 Å². The van der Waals surface area contributed by atoms with Gasteiger partial charge in [0.2, 0.25) is 0 Å². The predicted octanol–water partition coefficient (Wildman–Crippen LogP) is 6.11. The maximum Gasteiger partial charge on any atom is 0.306 e. The number of rotatable bonds is 10. The summed E-state index contributed by atoms with van der Waals surface area (Å²) >= 11 is 5.97. The number of halogens is 1. The van der Waals surface area contributed by atoms with Crippen molar-refractivity contribution in [1.29, 1.82) is 0 Å². The topological polar surface area (TPSA) is 53.4 Å². The van der Waals surface area contributed by atoms with E-state index in [1.54, 1.807) is 0 Å². The van der Waals surface area contributed by atoms with Gasteiger partial charge in [-0.1, -0.05) is 56.5 Å². The van der Waals surface area contributed by atoms with Crippen LogP contribution in [0.25, 0.3) is 0 Å². The number of carbonyl (C=O) groups is 1. The fourth-order valence-corrected chi connectivity index (χ4v) is 3.36. The van der Waals surface area contributed by atoms with Gasteiger partial charge in [-0.2, -0.15) is 0 Å². The van der Waals surface area contributed by atoms with Crippen LogP contribution in [0.4, 0.5) is 0 Å². The van der Waals surface area contributed by atoms with Crippen molar-refractivity contribution >= 4 is 17.6 Å². The number of carboxylic acids is 1. The van der Waals surface area contributed by atoms with Crippen LogP contribution in [-0.2, 0) is 4.79 Å². The van der Waals surface area contributed by atoms with Gasteiger partial charge in [0.15, 0.2) is 0 Å². The average molecular weight is 419 g/mol. The summed E-state index contributed by atoms with van der Waals surface area (Å²) in [6.07, 6.45) is 6.49. The summed E-state index contributed by atoms with van der Waals surface area (Å²) in [4.78, 5) is 17.2. The second kappa shape index (κ2) is 14.1. The second-order valence-corrected chi connectivity index (χ2v) is 8.00. The van der Waals surface area contributed by atoms with Gasteiger partial charge in [-0.05, 0) is 69.7 Å². The van der Waals surface area contributed by atoms with Crippen LogP contribution in [0, 0.1) is 5.92 Å². The third-order valence-corrected chi connectivity index (χ3v) is 5.06. The van der Waals surface area contributed by atoms with Crippen LogP contribution in [0.15, 0.2) is 48.7 Å². The molecule has 0 saturated carbocycles. The quantitative estimate of drug-likeness (QED) is 0.506. The van der Waals surface area contributed by atoms with E-state index in [4.69, 9.17) is 16.7 Å². The van der Waals surface area contributed by atoms with Crippen molar-refractivity contribution in [3.63, 3.8) is 0 Å². The molecule has 2 rings (SSSR count). The van der Waals surface area contributed by atoms with E-state index in [2.05, 4.69) is 42.2 Å². The number of aliphatic carboxylic acids is 1. The van der Waals surface area contributed by atoms with Gasteiger partial charge >= 0.3 is 5.97 Å².